The van der Waals surface area contributed by atoms with Crippen molar-refractivity contribution in [1.82, 2.24) is 21.3 Å². The van der Waals surface area contributed by atoms with Gasteiger partial charge in [0.25, 0.3) is 0 Å². The van der Waals surface area contributed by atoms with Crippen LogP contribution in [0.5, 0.6) is 11.5 Å². The zero-order valence-electron chi connectivity index (χ0n) is 25.1. The largest absolute Gasteiger partial charge is 0.508 e. The molecule has 244 valence electrons. The van der Waals surface area contributed by atoms with Gasteiger partial charge < -0.3 is 47.7 Å². The number of nitrogens with one attached hydrogen (secondary N) is 5. The maximum atomic E-state index is 13.6. The van der Waals surface area contributed by atoms with Crippen molar-refractivity contribution in [1.29, 1.82) is 5.41 Å². The van der Waals surface area contributed by atoms with Gasteiger partial charge in [-0.2, -0.15) is 0 Å². The third kappa shape index (κ3) is 12.1. The van der Waals surface area contributed by atoms with Crippen LogP contribution >= 0.6 is 0 Å². The average molecular weight is 634 g/mol. The molecule has 0 heterocycles. The molecule has 0 unspecified atom stereocenters. The monoisotopic (exact) mass is 633 g/mol. The van der Waals surface area contributed by atoms with Crippen molar-refractivity contribution in [3.05, 3.63) is 95.6 Å². The Kier molecular flexibility index (Phi) is 13.2. The molecule has 14 nitrogen and oxygen atoms in total. The van der Waals surface area contributed by atoms with Crippen molar-refractivity contribution in [2.45, 2.75) is 50.4 Å². The standard InChI is InChI=1S/C32H39N7O7/c33-28(42)26(17-20-8-12-23(40)13-9-20)38-29(43)25(7-4-16-36-31(34)35)37-30(44)27(18-21-10-14-24(41)15-11-21)39-32(45)46-19-22-5-2-1-3-6-22/h1-3,5-6,8-15,25-27,40-41H,4,7,16-19H2,(H2,33,42)(H,37,44)(H,38,43)(H,39,45)(H4,34,35,36)/t25-,26-,27-/m0/s1. The van der Waals surface area contributed by atoms with Gasteiger partial charge in [0.2, 0.25) is 17.7 Å². The van der Waals surface area contributed by atoms with Crippen LogP contribution in [0, 0.1) is 5.41 Å². The lowest BCUT2D eigenvalue weighted by Gasteiger charge is -2.25. The molecular formula is C32H39N7O7. The summed E-state index contributed by atoms with van der Waals surface area (Å²) in [5, 5.41) is 37.0. The van der Waals surface area contributed by atoms with Crippen LogP contribution < -0.4 is 32.7 Å². The van der Waals surface area contributed by atoms with Crippen LogP contribution in [0.25, 0.3) is 0 Å². The topological polar surface area (TPSA) is 242 Å². The second kappa shape index (κ2) is 17.5. The minimum Gasteiger partial charge on any atom is -0.508 e. The molecule has 0 aliphatic heterocycles. The molecule has 0 saturated carbocycles. The number of aromatic hydroxyl groups is 2. The molecule has 0 aromatic heterocycles. The number of rotatable bonds is 16. The molecule has 3 aromatic rings. The summed E-state index contributed by atoms with van der Waals surface area (Å²) < 4.78 is 5.31. The zero-order valence-corrected chi connectivity index (χ0v) is 25.1. The van der Waals surface area contributed by atoms with Gasteiger partial charge in [0.1, 0.15) is 36.2 Å². The van der Waals surface area contributed by atoms with Gasteiger partial charge in [-0.05, 0) is 53.8 Å². The summed E-state index contributed by atoms with van der Waals surface area (Å²) in [6.07, 6.45) is -0.458. The molecule has 3 aromatic carbocycles. The van der Waals surface area contributed by atoms with E-state index in [0.717, 1.165) is 5.56 Å². The summed E-state index contributed by atoms with van der Waals surface area (Å²) in [6, 6.07) is 17.6. The first-order chi connectivity index (χ1) is 22.0. The Balaban J connectivity index is 1.77. The molecule has 14 heteroatoms. The van der Waals surface area contributed by atoms with E-state index in [9.17, 15) is 29.4 Å². The highest BCUT2D eigenvalue weighted by Gasteiger charge is 2.29. The van der Waals surface area contributed by atoms with E-state index in [1.54, 1.807) is 48.5 Å². The van der Waals surface area contributed by atoms with Crippen LogP contribution in [0.15, 0.2) is 78.9 Å². The van der Waals surface area contributed by atoms with Gasteiger partial charge in [-0.15, -0.1) is 0 Å². The summed E-state index contributed by atoms with van der Waals surface area (Å²) in [4.78, 5) is 52.1. The Labute approximate surface area is 266 Å². The van der Waals surface area contributed by atoms with Crippen molar-refractivity contribution in [3.8, 4) is 11.5 Å². The molecule has 0 bridgehead atoms. The fourth-order valence-electron chi connectivity index (χ4n) is 4.42. The molecule has 0 saturated heterocycles. The van der Waals surface area contributed by atoms with E-state index < -0.39 is 41.9 Å². The summed E-state index contributed by atoms with van der Waals surface area (Å²) in [7, 11) is 0. The first-order valence-electron chi connectivity index (χ1n) is 14.5. The van der Waals surface area contributed by atoms with E-state index in [2.05, 4.69) is 21.3 Å². The van der Waals surface area contributed by atoms with Crippen molar-refractivity contribution in [2.75, 3.05) is 6.54 Å². The second-order valence-electron chi connectivity index (χ2n) is 10.5. The molecule has 46 heavy (non-hydrogen) atoms. The molecule has 0 spiro atoms. The molecule has 4 amide bonds. The number of alkyl carbamates (subject to hydrolysis) is 1. The van der Waals surface area contributed by atoms with E-state index in [0.29, 0.717) is 17.5 Å². The van der Waals surface area contributed by atoms with Gasteiger partial charge in [0.15, 0.2) is 5.96 Å². The number of guanidine groups is 1. The number of amides is 4. The van der Waals surface area contributed by atoms with Gasteiger partial charge in [-0.3, -0.25) is 19.8 Å². The van der Waals surface area contributed by atoms with Gasteiger partial charge in [-0.25, -0.2) is 4.79 Å². The lowest BCUT2D eigenvalue weighted by Crippen LogP contribution is -2.57. The fraction of sp³-hybridized carbons (Fsp3) is 0.281. The number of phenols is 2. The number of carbonyl (C=O) groups is 4. The summed E-state index contributed by atoms with van der Waals surface area (Å²) in [5.74, 6) is -2.43. The Bertz CT molecular complexity index is 1470. The molecule has 11 N–H and O–H groups in total. The molecule has 3 rings (SSSR count). The van der Waals surface area contributed by atoms with Gasteiger partial charge in [0, 0.05) is 19.4 Å². The molecule has 0 aliphatic carbocycles. The first kappa shape index (κ1) is 34.7. The highest BCUT2D eigenvalue weighted by Crippen LogP contribution is 2.14. The number of benzene rings is 3. The van der Waals surface area contributed by atoms with Crippen molar-refractivity contribution in [2.24, 2.45) is 11.5 Å². The minimum absolute atomic E-state index is 0.00244. The van der Waals surface area contributed by atoms with Crippen LogP contribution in [0.3, 0.4) is 0 Å². The van der Waals surface area contributed by atoms with Crippen LogP contribution in [0.2, 0.25) is 0 Å². The second-order valence-corrected chi connectivity index (χ2v) is 10.5. The Hall–Kier alpha value is -5.79. The average Bonchev–Trinajstić information content (AvgIpc) is 3.03. The molecular weight excluding hydrogens is 594 g/mol. The highest BCUT2D eigenvalue weighted by atomic mass is 16.5. The highest BCUT2D eigenvalue weighted by molar-refractivity contribution is 5.93. The van der Waals surface area contributed by atoms with Crippen LogP contribution in [-0.4, -0.2) is 64.7 Å². The van der Waals surface area contributed by atoms with Crippen molar-refractivity contribution >= 4 is 29.8 Å². The Morgan fingerprint density at radius 2 is 1.22 bits per heavy atom. The molecule has 0 radical (unpaired) electrons. The van der Waals surface area contributed by atoms with Crippen LogP contribution in [-0.2, 0) is 38.6 Å². The lowest BCUT2D eigenvalue weighted by molar-refractivity contribution is -0.132. The maximum Gasteiger partial charge on any atom is 0.408 e. The van der Waals surface area contributed by atoms with Crippen LogP contribution in [0.4, 0.5) is 4.79 Å². The number of hydrogen-bond acceptors (Lipinski definition) is 8. The minimum atomic E-state index is -1.19. The quantitative estimate of drug-likeness (QED) is 0.0617. The molecule has 0 aliphatic rings. The summed E-state index contributed by atoms with van der Waals surface area (Å²) >= 11 is 0. The lowest BCUT2D eigenvalue weighted by atomic mass is 10.0. The van der Waals surface area contributed by atoms with E-state index in [1.807, 2.05) is 6.07 Å². The number of carbonyl (C=O) groups excluding carboxylic acids is 4. The SMILES string of the molecule is N=C(N)NCCC[C@H](NC(=O)[C@H](Cc1ccc(O)cc1)NC(=O)OCc1ccccc1)C(=O)N[C@@H](Cc1ccc(O)cc1)C(N)=O. The van der Waals surface area contributed by atoms with Crippen molar-refractivity contribution < 1.29 is 34.1 Å². The molecule has 3 atom stereocenters. The van der Waals surface area contributed by atoms with E-state index >= 15 is 0 Å². The van der Waals surface area contributed by atoms with E-state index in [4.69, 9.17) is 21.6 Å². The fourth-order valence-corrected chi connectivity index (χ4v) is 4.42. The normalized spacial score (nSPS) is 12.5. The van der Waals surface area contributed by atoms with Gasteiger partial charge in [0.05, 0.1) is 0 Å². The smallest absolute Gasteiger partial charge is 0.408 e. The third-order valence-corrected chi connectivity index (χ3v) is 6.85. The number of phenolic OH excluding ortho intramolecular Hbond substituents is 2. The van der Waals surface area contributed by atoms with Crippen LogP contribution in [0.1, 0.15) is 29.5 Å². The third-order valence-electron chi connectivity index (χ3n) is 6.85. The van der Waals surface area contributed by atoms with Gasteiger partial charge in [-0.1, -0.05) is 54.6 Å². The Morgan fingerprint density at radius 3 is 1.76 bits per heavy atom. The van der Waals surface area contributed by atoms with Gasteiger partial charge >= 0.3 is 6.09 Å². The maximum absolute atomic E-state index is 13.6. The Morgan fingerprint density at radius 1 is 0.696 bits per heavy atom. The predicted molar refractivity (Wildman–Crippen MR) is 169 cm³/mol. The number of primary amides is 1. The zero-order chi connectivity index (χ0) is 33.5. The van der Waals surface area contributed by atoms with Crippen molar-refractivity contribution in [3.63, 3.8) is 0 Å². The number of hydrogen-bond donors (Lipinski definition) is 9. The molecule has 0 fully saturated rings. The first-order valence-corrected chi connectivity index (χ1v) is 14.5. The summed E-state index contributed by atoms with van der Waals surface area (Å²) in [6.45, 7) is 0.187. The number of ether oxygens (including phenoxy) is 1. The van der Waals surface area contributed by atoms with E-state index in [-0.39, 0.29) is 49.9 Å². The van der Waals surface area contributed by atoms with E-state index in [1.165, 1.54) is 24.3 Å². The predicted octanol–water partition coefficient (Wildman–Crippen LogP) is 0.896. The number of nitrogens with two attached hydrogens (primary N) is 2. The summed E-state index contributed by atoms with van der Waals surface area (Å²) in [5.41, 5.74) is 12.9.